The van der Waals surface area contributed by atoms with Crippen molar-refractivity contribution in [2.45, 2.75) is 51.4 Å². The van der Waals surface area contributed by atoms with Gasteiger partial charge in [-0.05, 0) is 40.2 Å². The van der Waals surface area contributed by atoms with Gasteiger partial charge in [0, 0.05) is 18.1 Å². The van der Waals surface area contributed by atoms with Gasteiger partial charge in [-0.3, -0.25) is 0 Å². The van der Waals surface area contributed by atoms with Gasteiger partial charge >= 0.3 is 13.2 Å². The number of ether oxygens (including phenoxy) is 1. The second-order valence-corrected chi connectivity index (χ2v) is 7.50. The van der Waals surface area contributed by atoms with Gasteiger partial charge in [-0.1, -0.05) is 6.07 Å². The molecule has 136 valence electrons. The molecule has 0 spiro atoms. The van der Waals surface area contributed by atoms with Gasteiger partial charge in [0.25, 0.3) is 0 Å². The molecule has 0 aromatic heterocycles. The Morgan fingerprint density at radius 1 is 1.36 bits per heavy atom. The lowest BCUT2D eigenvalue weighted by molar-refractivity contribution is 0.00578. The molecular weight excluding hydrogens is 328 g/mol. The molecule has 1 aromatic carbocycles. The number of likely N-dealkylation sites (tertiary alicyclic amines) is 1. The molecule has 0 bridgehead atoms. The Morgan fingerprint density at radius 3 is 2.48 bits per heavy atom. The molecule has 0 radical (unpaired) electrons. The van der Waals surface area contributed by atoms with Crippen LogP contribution in [-0.2, 0) is 9.31 Å². The van der Waals surface area contributed by atoms with Crippen LogP contribution in [-0.4, -0.2) is 53.6 Å². The van der Waals surface area contributed by atoms with Crippen LogP contribution in [0.25, 0.3) is 0 Å². The van der Waals surface area contributed by atoms with E-state index in [0.29, 0.717) is 17.8 Å². The summed E-state index contributed by atoms with van der Waals surface area (Å²) in [6, 6.07) is 4.34. The fraction of sp³-hybridized carbons (Fsp3) is 0.588. The van der Waals surface area contributed by atoms with Crippen molar-refractivity contribution in [3.63, 3.8) is 0 Å². The van der Waals surface area contributed by atoms with Crippen molar-refractivity contribution in [2.75, 3.05) is 13.2 Å². The van der Waals surface area contributed by atoms with E-state index < -0.39 is 30.2 Å². The Labute approximate surface area is 147 Å². The molecule has 0 saturated carbocycles. The second kappa shape index (κ2) is 6.18. The predicted molar refractivity (Wildman–Crippen MR) is 90.7 cm³/mol. The molecule has 1 aromatic rings. The van der Waals surface area contributed by atoms with E-state index >= 15 is 0 Å². The highest BCUT2D eigenvalue weighted by molar-refractivity contribution is 6.62. The highest BCUT2D eigenvalue weighted by Gasteiger charge is 2.52. The summed E-state index contributed by atoms with van der Waals surface area (Å²) < 4.78 is 31.8. The summed E-state index contributed by atoms with van der Waals surface area (Å²) >= 11 is 0. The van der Waals surface area contributed by atoms with Crippen molar-refractivity contribution >= 4 is 18.7 Å². The third-order valence-electron chi connectivity index (χ3n) is 5.31. The number of rotatable bonds is 4. The fourth-order valence-electron chi connectivity index (χ4n) is 2.82. The maximum atomic E-state index is 14.5. The number of hydrogen-bond acceptors (Lipinski definition) is 4. The maximum absolute atomic E-state index is 14.5. The topological polar surface area (TPSA) is 68.2 Å². The molecule has 1 amide bonds. The normalized spacial score (nSPS) is 24.1. The van der Waals surface area contributed by atoms with Crippen LogP contribution in [0.4, 0.5) is 9.18 Å². The van der Waals surface area contributed by atoms with E-state index in [2.05, 4.69) is 0 Å². The summed E-state index contributed by atoms with van der Waals surface area (Å²) in [6.45, 7) is 8.37. The fourth-order valence-corrected chi connectivity index (χ4v) is 2.82. The number of nitrogens with zero attached hydrogens (tertiary/aromatic N) is 1. The second-order valence-electron chi connectivity index (χ2n) is 7.50. The van der Waals surface area contributed by atoms with E-state index in [-0.39, 0.29) is 12.6 Å². The van der Waals surface area contributed by atoms with Gasteiger partial charge in [0.2, 0.25) is 0 Å². The lowest BCUT2D eigenvalue weighted by atomic mass is 9.78. The number of benzene rings is 1. The van der Waals surface area contributed by atoms with Gasteiger partial charge in [-0.15, -0.1) is 0 Å². The zero-order valence-electron chi connectivity index (χ0n) is 14.9. The minimum atomic E-state index is -0.956. The van der Waals surface area contributed by atoms with Crippen molar-refractivity contribution in [1.82, 2.24) is 4.90 Å². The Balaban J connectivity index is 1.65. The largest absolute Gasteiger partial charge is 0.497 e. The van der Waals surface area contributed by atoms with E-state index in [4.69, 9.17) is 19.2 Å². The zero-order valence-corrected chi connectivity index (χ0v) is 14.9. The number of hydrogen-bond donors (Lipinski definition) is 1. The molecule has 2 heterocycles. The van der Waals surface area contributed by atoms with E-state index in [1.165, 1.54) is 11.0 Å². The molecular formula is C17H23BFNO5. The maximum Gasteiger partial charge on any atom is 0.497 e. The highest BCUT2D eigenvalue weighted by atomic mass is 19.1. The van der Waals surface area contributed by atoms with Crippen LogP contribution in [0, 0.1) is 5.82 Å². The number of carboxylic acid groups (broad SMARTS) is 1. The van der Waals surface area contributed by atoms with Crippen LogP contribution >= 0.6 is 0 Å². The van der Waals surface area contributed by atoms with Crippen LogP contribution in [0.15, 0.2) is 18.2 Å². The van der Waals surface area contributed by atoms with Crippen LogP contribution < -0.4 is 10.2 Å². The first-order valence-corrected chi connectivity index (χ1v) is 8.38. The van der Waals surface area contributed by atoms with E-state index in [0.717, 1.165) is 6.42 Å². The zero-order chi connectivity index (χ0) is 18.4. The Hall–Kier alpha value is -1.80. The number of amides is 1. The molecule has 6 nitrogen and oxygen atoms in total. The molecule has 2 aliphatic heterocycles. The average molecular weight is 351 g/mol. The van der Waals surface area contributed by atoms with Crippen molar-refractivity contribution in [3.8, 4) is 5.75 Å². The Bertz CT molecular complexity index is 665. The van der Waals surface area contributed by atoms with E-state index in [1.807, 2.05) is 27.7 Å². The number of carbonyl (C=O) groups is 1. The highest BCUT2D eigenvalue weighted by Crippen LogP contribution is 2.36. The summed E-state index contributed by atoms with van der Waals surface area (Å²) in [5.74, 6) is -0.116. The van der Waals surface area contributed by atoms with Gasteiger partial charge in [0.15, 0.2) is 0 Å². The molecule has 2 aliphatic rings. The third-order valence-corrected chi connectivity index (χ3v) is 5.31. The summed E-state index contributed by atoms with van der Waals surface area (Å²) in [7, 11) is -0.770. The quantitative estimate of drug-likeness (QED) is 0.843. The molecule has 0 aliphatic carbocycles. The van der Waals surface area contributed by atoms with Gasteiger partial charge < -0.3 is 24.1 Å². The Morgan fingerprint density at radius 2 is 2.00 bits per heavy atom. The lowest BCUT2D eigenvalue weighted by Crippen LogP contribution is -2.53. The third kappa shape index (κ3) is 3.33. The first-order chi connectivity index (χ1) is 11.6. The minimum absolute atomic E-state index is 0.177. The van der Waals surface area contributed by atoms with Gasteiger partial charge in [-0.25, -0.2) is 9.18 Å². The summed E-state index contributed by atoms with van der Waals surface area (Å²) in [4.78, 5) is 12.3. The van der Waals surface area contributed by atoms with Gasteiger partial charge in [-0.2, -0.15) is 0 Å². The molecule has 0 unspecified atom stereocenters. The molecule has 25 heavy (non-hydrogen) atoms. The van der Waals surface area contributed by atoms with Gasteiger partial charge in [0.1, 0.15) is 18.2 Å². The first-order valence-electron chi connectivity index (χ1n) is 8.38. The van der Waals surface area contributed by atoms with E-state index in [1.54, 1.807) is 12.1 Å². The molecule has 1 atom stereocenters. The van der Waals surface area contributed by atoms with Gasteiger partial charge in [0.05, 0.1) is 17.2 Å². The van der Waals surface area contributed by atoms with Crippen molar-refractivity contribution in [1.29, 1.82) is 0 Å². The monoisotopic (exact) mass is 351 g/mol. The standard InChI is InChI=1S/C17H23BFNO5/c1-16(2)17(3,4)25-18(24-16)13-6-5-12(9-14(13)19)23-10-11-7-8-20(11)15(21)22/h5-6,9,11H,7-8,10H2,1-4H3,(H,21,22)/t11-/m0/s1. The first kappa shape index (κ1) is 18.0. The number of halogens is 1. The predicted octanol–water partition coefficient (Wildman–Crippen LogP) is 2.26. The smallest absolute Gasteiger partial charge is 0.491 e. The Kier molecular flexibility index (Phi) is 4.45. The van der Waals surface area contributed by atoms with Crippen LogP contribution in [0.1, 0.15) is 34.1 Å². The lowest BCUT2D eigenvalue weighted by Gasteiger charge is -2.38. The molecule has 1 N–H and O–H groups in total. The van der Waals surface area contributed by atoms with E-state index in [9.17, 15) is 9.18 Å². The van der Waals surface area contributed by atoms with Crippen molar-refractivity contribution < 1.29 is 28.3 Å². The average Bonchev–Trinajstić information content (AvgIpc) is 2.65. The summed E-state index contributed by atoms with van der Waals surface area (Å²) in [5.41, 5.74) is -0.755. The molecule has 2 saturated heterocycles. The molecule has 8 heteroatoms. The summed E-state index contributed by atoms with van der Waals surface area (Å²) in [5, 5.41) is 8.97. The van der Waals surface area contributed by atoms with Crippen LogP contribution in [0.5, 0.6) is 5.75 Å². The SMILES string of the molecule is CC1(C)OB(c2ccc(OC[C@@H]3CCN3C(=O)O)cc2F)OC1(C)C. The molecule has 3 rings (SSSR count). The molecule has 2 fully saturated rings. The van der Waals surface area contributed by atoms with Crippen LogP contribution in [0.3, 0.4) is 0 Å². The minimum Gasteiger partial charge on any atom is -0.491 e. The van der Waals surface area contributed by atoms with Crippen molar-refractivity contribution in [2.24, 2.45) is 0 Å². The van der Waals surface area contributed by atoms with Crippen LogP contribution in [0.2, 0.25) is 0 Å². The summed E-state index contributed by atoms with van der Waals surface area (Å²) in [6.07, 6.45) is -0.206. The van der Waals surface area contributed by atoms with Crippen molar-refractivity contribution in [3.05, 3.63) is 24.0 Å².